The molecule has 2 amide bonds. The summed E-state index contributed by atoms with van der Waals surface area (Å²) in [6, 6.07) is 15.0. The fourth-order valence-electron chi connectivity index (χ4n) is 4.77. The number of nitrogens with zero attached hydrogens (tertiary/aromatic N) is 1. The van der Waals surface area contributed by atoms with Crippen LogP contribution in [0.5, 0.6) is 5.75 Å². The van der Waals surface area contributed by atoms with E-state index in [4.69, 9.17) is 4.74 Å². The van der Waals surface area contributed by atoms with Crippen molar-refractivity contribution in [3.05, 3.63) is 65.9 Å². The van der Waals surface area contributed by atoms with Crippen molar-refractivity contribution in [2.24, 2.45) is 0 Å². The zero-order valence-electron chi connectivity index (χ0n) is 17.4. The molecule has 31 heavy (non-hydrogen) atoms. The topological polar surface area (TPSA) is 86.5 Å². The zero-order chi connectivity index (χ0) is 21.4. The first-order chi connectivity index (χ1) is 15.1. The predicted molar refractivity (Wildman–Crippen MR) is 118 cm³/mol. The molecule has 0 aliphatic carbocycles. The van der Waals surface area contributed by atoms with E-state index in [-0.39, 0.29) is 17.9 Å². The zero-order valence-corrected chi connectivity index (χ0v) is 17.4. The molecule has 2 aliphatic heterocycles. The molecule has 7 heteroatoms. The van der Waals surface area contributed by atoms with Crippen LogP contribution in [0, 0.1) is 0 Å². The average Bonchev–Trinajstić information content (AvgIpc) is 3.41. The van der Waals surface area contributed by atoms with Crippen molar-refractivity contribution in [3.8, 4) is 5.75 Å². The van der Waals surface area contributed by atoms with E-state index in [1.807, 2.05) is 54.7 Å². The van der Waals surface area contributed by atoms with Crippen molar-refractivity contribution >= 4 is 22.7 Å². The number of rotatable bonds is 6. The van der Waals surface area contributed by atoms with Crippen LogP contribution in [0.4, 0.5) is 0 Å². The second-order valence-electron chi connectivity index (χ2n) is 8.26. The van der Waals surface area contributed by atoms with E-state index >= 15 is 0 Å². The molecule has 160 valence electrons. The number of hydrogen-bond donors (Lipinski definition) is 3. The number of piperazine rings is 1. The van der Waals surface area contributed by atoms with E-state index in [1.165, 1.54) is 0 Å². The van der Waals surface area contributed by atoms with Gasteiger partial charge >= 0.3 is 0 Å². The maximum absolute atomic E-state index is 13.2. The highest BCUT2D eigenvalue weighted by atomic mass is 16.5. The van der Waals surface area contributed by atoms with Gasteiger partial charge in [0.15, 0.2) is 0 Å². The molecule has 0 unspecified atom stereocenters. The third-order valence-electron chi connectivity index (χ3n) is 6.37. The number of nitrogens with one attached hydrogen (secondary N) is 3. The quantitative estimate of drug-likeness (QED) is 0.571. The van der Waals surface area contributed by atoms with E-state index < -0.39 is 12.1 Å². The Labute approximate surface area is 180 Å². The summed E-state index contributed by atoms with van der Waals surface area (Å²) in [6.07, 6.45) is 3.03. The SMILES string of the molecule is COc1ccccc1CN[C@H]1C[C@H]2C(=O)N[C@@H](Cc3c[nH]c4ccccc34)C(=O)N2C1. The summed E-state index contributed by atoms with van der Waals surface area (Å²) in [5.74, 6) is 0.765. The summed E-state index contributed by atoms with van der Waals surface area (Å²) in [7, 11) is 1.66. The van der Waals surface area contributed by atoms with Gasteiger partial charge in [-0.15, -0.1) is 0 Å². The maximum Gasteiger partial charge on any atom is 0.246 e. The van der Waals surface area contributed by atoms with Gasteiger partial charge in [0, 0.05) is 48.2 Å². The normalized spacial score (nSPS) is 23.1. The number of ether oxygens (including phenoxy) is 1. The Balaban J connectivity index is 1.26. The first-order valence-corrected chi connectivity index (χ1v) is 10.6. The molecule has 0 spiro atoms. The summed E-state index contributed by atoms with van der Waals surface area (Å²) in [5.41, 5.74) is 3.13. The second-order valence-corrected chi connectivity index (χ2v) is 8.26. The van der Waals surface area contributed by atoms with Crippen molar-refractivity contribution in [1.82, 2.24) is 20.5 Å². The molecular weight excluding hydrogens is 392 g/mol. The Kier molecular flexibility index (Phi) is 5.11. The molecule has 0 bridgehead atoms. The van der Waals surface area contributed by atoms with E-state index in [9.17, 15) is 9.59 Å². The van der Waals surface area contributed by atoms with Gasteiger partial charge in [-0.25, -0.2) is 0 Å². The maximum atomic E-state index is 13.2. The lowest BCUT2D eigenvalue weighted by Gasteiger charge is -2.34. The minimum Gasteiger partial charge on any atom is -0.496 e. The van der Waals surface area contributed by atoms with Crippen LogP contribution in [0.15, 0.2) is 54.7 Å². The highest BCUT2D eigenvalue weighted by Crippen LogP contribution is 2.26. The van der Waals surface area contributed by atoms with Crippen molar-refractivity contribution in [2.75, 3.05) is 13.7 Å². The average molecular weight is 418 g/mol. The molecule has 3 heterocycles. The summed E-state index contributed by atoms with van der Waals surface area (Å²) >= 11 is 0. The van der Waals surface area contributed by atoms with Crippen LogP contribution in [0.25, 0.3) is 10.9 Å². The van der Waals surface area contributed by atoms with Gasteiger partial charge in [-0.3, -0.25) is 9.59 Å². The minimum atomic E-state index is -0.532. The Morgan fingerprint density at radius 3 is 2.77 bits per heavy atom. The molecule has 2 fully saturated rings. The van der Waals surface area contributed by atoms with Gasteiger partial charge in [0.1, 0.15) is 17.8 Å². The van der Waals surface area contributed by atoms with Crippen LogP contribution in [-0.4, -0.2) is 53.5 Å². The van der Waals surface area contributed by atoms with E-state index in [2.05, 4.69) is 15.6 Å². The van der Waals surface area contributed by atoms with E-state index in [0.29, 0.717) is 25.9 Å². The highest BCUT2D eigenvalue weighted by molar-refractivity contribution is 5.98. The Morgan fingerprint density at radius 2 is 1.90 bits per heavy atom. The van der Waals surface area contributed by atoms with Crippen molar-refractivity contribution in [3.63, 3.8) is 0 Å². The molecule has 3 N–H and O–H groups in total. The van der Waals surface area contributed by atoms with E-state index in [0.717, 1.165) is 27.8 Å². The molecule has 0 radical (unpaired) electrons. The van der Waals surface area contributed by atoms with Crippen LogP contribution in [0.3, 0.4) is 0 Å². The molecule has 2 aromatic carbocycles. The van der Waals surface area contributed by atoms with Crippen LogP contribution in [0.1, 0.15) is 17.5 Å². The lowest BCUT2D eigenvalue weighted by molar-refractivity contribution is -0.146. The highest BCUT2D eigenvalue weighted by Gasteiger charge is 2.46. The van der Waals surface area contributed by atoms with Crippen molar-refractivity contribution < 1.29 is 14.3 Å². The van der Waals surface area contributed by atoms with Gasteiger partial charge < -0.3 is 25.3 Å². The van der Waals surface area contributed by atoms with Crippen molar-refractivity contribution in [2.45, 2.75) is 37.5 Å². The summed E-state index contributed by atoms with van der Waals surface area (Å²) in [5, 5.41) is 7.54. The lowest BCUT2D eigenvalue weighted by atomic mass is 10.0. The van der Waals surface area contributed by atoms with Gasteiger partial charge in [0.05, 0.1) is 7.11 Å². The third-order valence-corrected chi connectivity index (χ3v) is 6.37. The summed E-state index contributed by atoms with van der Waals surface area (Å²) < 4.78 is 5.41. The molecule has 5 rings (SSSR count). The standard InChI is InChI=1S/C24H26N4O3/c1-31-22-9-5-2-6-15(22)12-25-17-11-21-23(29)27-20(24(30)28(21)14-17)10-16-13-26-19-8-4-3-7-18(16)19/h2-9,13,17,20-21,25-26H,10-12,14H2,1H3,(H,27,29)/t17-,20-,21-/m0/s1. The van der Waals surface area contributed by atoms with Gasteiger partial charge in [0.25, 0.3) is 0 Å². The first-order valence-electron chi connectivity index (χ1n) is 10.6. The predicted octanol–water partition coefficient (Wildman–Crippen LogP) is 1.98. The van der Waals surface area contributed by atoms with Crippen LogP contribution in [0.2, 0.25) is 0 Å². The van der Waals surface area contributed by atoms with E-state index in [1.54, 1.807) is 12.0 Å². The smallest absolute Gasteiger partial charge is 0.246 e. The number of fused-ring (bicyclic) bond motifs is 2. The number of aromatic amines is 1. The number of amides is 2. The monoisotopic (exact) mass is 418 g/mol. The molecule has 3 aromatic rings. The lowest BCUT2D eigenvalue weighted by Crippen LogP contribution is -2.61. The van der Waals surface area contributed by atoms with Crippen LogP contribution in [-0.2, 0) is 22.6 Å². The number of carbonyl (C=O) groups is 2. The summed E-state index contributed by atoms with van der Waals surface area (Å²) in [6.45, 7) is 1.17. The summed E-state index contributed by atoms with van der Waals surface area (Å²) in [4.78, 5) is 31.0. The number of methoxy groups -OCH3 is 1. The van der Waals surface area contributed by atoms with Gasteiger partial charge in [0.2, 0.25) is 11.8 Å². The van der Waals surface area contributed by atoms with Gasteiger partial charge in [-0.2, -0.15) is 0 Å². The Hall–Kier alpha value is -3.32. The number of carbonyl (C=O) groups excluding carboxylic acids is 2. The fraction of sp³-hybridized carbons (Fsp3) is 0.333. The van der Waals surface area contributed by atoms with Gasteiger partial charge in [-0.1, -0.05) is 36.4 Å². The molecule has 3 atom stereocenters. The minimum absolute atomic E-state index is 0.00327. The Morgan fingerprint density at radius 1 is 1.10 bits per heavy atom. The van der Waals surface area contributed by atoms with Crippen LogP contribution < -0.4 is 15.4 Å². The molecule has 2 aliphatic rings. The number of H-pyrrole nitrogens is 1. The van der Waals surface area contributed by atoms with Gasteiger partial charge in [-0.05, 0) is 24.1 Å². The largest absolute Gasteiger partial charge is 0.496 e. The molecule has 1 aromatic heterocycles. The fourth-order valence-corrected chi connectivity index (χ4v) is 4.77. The number of aromatic nitrogens is 1. The molecule has 2 saturated heterocycles. The second kappa shape index (κ2) is 8.07. The van der Waals surface area contributed by atoms with Crippen molar-refractivity contribution in [1.29, 1.82) is 0 Å². The number of hydrogen-bond acceptors (Lipinski definition) is 4. The molecule has 0 saturated carbocycles. The number of benzene rings is 2. The molecular formula is C24H26N4O3. The molecule has 7 nitrogen and oxygen atoms in total. The Bertz CT molecular complexity index is 1120. The van der Waals surface area contributed by atoms with Crippen LogP contribution >= 0.6 is 0 Å². The number of para-hydroxylation sites is 2. The first kappa shape index (κ1) is 19.6. The third kappa shape index (κ3) is 3.65.